The largest absolute Gasteiger partial charge is 0.394 e. The topological polar surface area (TPSA) is 364 Å². The summed E-state index contributed by atoms with van der Waals surface area (Å²) >= 11 is 0. The van der Waals surface area contributed by atoms with Crippen LogP contribution in [0.5, 0.6) is 0 Å². The van der Waals surface area contributed by atoms with Crippen LogP contribution in [0.2, 0.25) is 0 Å². The van der Waals surface area contributed by atoms with Crippen molar-refractivity contribution in [3.05, 3.63) is 0 Å². The van der Waals surface area contributed by atoms with E-state index in [0.717, 1.165) is 0 Å². The number of carbonyl (C=O) groups is 1. The maximum atomic E-state index is 12.2. The van der Waals surface area contributed by atoms with E-state index in [9.17, 15) is 66.1 Å². The summed E-state index contributed by atoms with van der Waals surface area (Å²) in [4.78, 5) is 12.2. The van der Waals surface area contributed by atoms with Gasteiger partial charge in [0, 0.05) is 13.5 Å². The van der Waals surface area contributed by atoms with E-state index in [1.807, 2.05) is 6.92 Å². The van der Waals surface area contributed by atoms with Gasteiger partial charge in [0.05, 0.1) is 31.5 Å². The zero-order valence-corrected chi connectivity index (χ0v) is 33.1. The molecule has 24 nitrogen and oxygen atoms in total. The van der Waals surface area contributed by atoms with E-state index in [-0.39, 0.29) is 6.61 Å². The standard InChI is InChI=1S/C35H61NO23/c1-6-7-50-31-16(36-13(5)39)27(21(44)15(9-38)54-31)56-33-26(49)29(19(42)12(4)51-33)58-35-30(23(46)17(40)10(2)53-35)59-34-25(48)28(18(41)11(3)52-34)57-32-24(47)22(45)20(43)14(8-37)55-32/h10-12,14-35,37-38,40-49H,6-9H2,1-5H3,(H,36,39)/t10?,11?,12?,14-,15?,16?,17+,18+,19+,20-,21+,22?,23-,24?,25?,26?,27-,28-,29-,30?,31-,32-,33+,34+,35+/m1/s1. The molecule has 24 heteroatoms. The molecule has 5 fully saturated rings. The highest BCUT2D eigenvalue weighted by Crippen LogP contribution is 2.36. The fourth-order valence-corrected chi connectivity index (χ4v) is 7.59. The van der Waals surface area contributed by atoms with Gasteiger partial charge in [0.1, 0.15) is 104 Å². The van der Waals surface area contributed by atoms with E-state index >= 15 is 0 Å². The van der Waals surface area contributed by atoms with E-state index in [0.29, 0.717) is 6.42 Å². The Bertz CT molecular complexity index is 1320. The minimum absolute atomic E-state index is 0.168. The molecule has 5 heterocycles. The molecule has 25 atom stereocenters. The first-order valence-corrected chi connectivity index (χ1v) is 19.6. The SMILES string of the molecule is CCCO[C@@H]1OC(CO)[C@H](O)[C@H](O[C@@H]2OC(C)[C@H](O)[C@@H](O[C@@H]3OC(C)[C@H](O)[C@@H](O)C3O[C@@H]3OC(C)[C@H](O)[C@@H](O[C@H]4O[C@H](CO)[C@@H](O)C(O)C4O)C3O)C2O)C1NC(C)=O. The summed E-state index contributed by atoms with van der Waals surface area (Å²) in [6.45, 7) is 5.87. The van der Waals surface area contributed by atoms with Crippen molar-refractivity contribution < 1.29 is 113 Å². The molecule has 1 amide bonds. The molecule has 5 saturated heterocycles. The molecule has 0 aromatic rings. The predicted octanol–water partition coefficient (Wildman–Crippen LogP) is -7.26. The van der Waals surface area contributed by atoms with Crippen molar-refractivity contribution in [1.82, 2.24) is 5.32 Å². The van der Waals surface area contributed by atoms with E-state index in [4.69, 9.17) is 47.4 Å². The van der Waals surface area contributed by atoms with Gasteiger partial charge in [0.2, 0.25) is 5.91 Å². The minimum Gasteiger partial charge on any atom is -0.394 e. The summed E-state index contributed by atoms with van der Waals surface area (Å²) in [5, 5.41) is 131. The second-order valence-corrected chi connectivity index (χ2v) is 15.5. The van der Waals surface area contributed by atoms with Crippen LogP contribution in [0.25, 0.3) is 0 Å². The fourth-order valence-electron chi connectivity index (χ4n) is 7.59. The average Bonchev–Trinajstić information content (AvgIpc) is 3.20. The van der Waals surface area contributed by atoms with Gasteiger partial charge in [-0.2, -0.15) is 0 Å². The van der Waals surface area contributed by atoms with Gasteiger partial charge >= 0.3 is 0 Å². The lowest BCUT2D eigenvalue weighted by molar-refractivity contribution is -0.396. The monoisotopic (exact) mass is 863 g/mol. The second kappa shape index (κ2) is 20.8. The van der Waals surface area contributed by atoms with Crippen LogP contribution in [0.4, 0.5) is 0 Å². The van der Waals surface area contributed by atoms with Crippen molar-refractivity contribution in [3.8, 4) is 0 Å². The lowest BCUT2D eigenvalue weighted by Crippen LogP contribution is -2.68. The number of hydrogen-bond acceptors (Lipinski definition) is 23. The molecule has 0 saturated carbocycles. The van der Waals surface area contributed by atoms with Gasteiger partial charge in [0.25, 0.3) is 0 Å². The molecule has 59 heavy (non-hydrogen) atoms. The molecular formula is C35H61NO23. The molecule has 0 radical (unpaired) electrons. The van der Waals surface area contributed by atoms with Crippen LogP contribution < -0.4 is 5.32 Å². The number of carbonyl (C=O) groups excluding carboxylic acids is 1. The Morgan fingerprint density at radius 2 is 0.932 bits per heavy atom. The third-order valence-electron chi connectivity index (χ3n) is 11.1. The molecule has 0 aliphatic carbocycles. The number of rotatable bonds is 14. The third-order valence-corrected chi connectivity index (χ3v) is 11.1. The molecule has 0 spiro atoms. The van der Waals surface area contributed by atoms with Crippen LogP contribution in [-0.4, -0.2) is 240 Å². The molecular weight excluding hydrogens is 802 g/mol. The first kappa shape index (κ1) is 48.6. The molecule has 5 aliphatic heterocycles. The van der Waals surface area contributed by atoms with E-state index < -0.39 is 173 Å². The second-order valence-electron chi connectivity index (χ2n) is 15.5. The van der Waals surface area contributed by atoms with Gasteiger partial charge in [-0.3, -0.25) is 4.79 Å². The van der Waals surface area contributed by atoms with Crippen molar-refractivity contribution in [3.63, 3.8) is 0 Å². The average molecular weight is 864 g/mol. The highest BCUT2D eigenvalue weighted by Gasteiger charge is 2.56. The van der Waals surface area contributed by atoms with Crippen LogP contribution in [0.15, 0.2) is 0 Å². The zero-order valence-electron chi connectivity index (χ0n) is 33.1. The fraction of sp³-hybridized carbons (Fsp3) is 0.971. The summed E-state index contributed by atoms with van der Waals surface area (Å²) in [6, 6.07) is -1.19. The van der Waals surface area contributed by atoms with Gasteiger partial charge < -0.3 is 114 Å². The highest BCUT2D eigenvalue weighted by atomic mass is 16.8. The van der Waals surface area contributed by atoms with Crippen LogP contribution >= 0.6 is 0 Å². The van der Waals surface area contributed by atoms with Crippen LogP contribution in [0.1, 0.15) is 41.0 Å². The molecule has 13 N–H and O–H groups in total. The van der Waals surface area contributed by atoms with Gasteiger partial charge in [-0.1, -0.05) is 6.92 Å². The van der Waals surface area contributed by atoms with Crippen molar-refractivity contribution in [2.45, 2.75) is 195 Å². The number of aliphatic hydroxyl groups excluding tert-OH is 12. The first-order valence-electron chi connectivity index (χ1n) is 19.6. The van der Waals surface area contributed by atoms with Crippen molar-refractivity contribution in [1.29, 1.82) is 0 Å². The minimum atomic E-state index is -1.97. The van der Waals surface area contributed by atoms with Gasteiger partial charge in [-0.15, -0.1) is 0 Å². The Morgan fingerprint density at radius 3 is 1.46 bits per heavy atom. The lowest BCUT2D eigenvalue weighted by atomic mass is 9.95. The van der Waals surface area contributed by atoms with Gasteiger partial charge in [0.15, 0.2) is 31.5 Å². The van der Waals surface area contributed by atoms with E-state index in [2.05, 4.69) is 5.32 Å². The van der Waals surface area contributed by atoms with Crippen LogP contribution in [-0.2, 0) is 52.2 Å². The maximum absolute atomic E-state index is 12.2. The zero-order chi connectivity index (χ0) is 43.6. The Kier molecular flexibility index (Phi) is 17.2. The summed E-state index contributed by atoms with van der Waals surface area (Å²) in [6.07, 6.45) is -38.2. The van der Waals surface area contributed by atoms with Crippen LogP contribution in [0, 0.1) is 0 Å². The summed E-state index contributed by atoms with van der Waals surface area (Å²) in [5.74, 6) is -0.555. The Morgan fingerprint density at radius 1 is 0.492 bits per heavy atom. The molecule has 344 valence electrons. The molecule has 10 unspecified atom stereocenters. The molecule has 0 aromatic heterocycles. The third kappa shape index (κ3) is 10.5. The van der Waals surface area contributed by atoms with Crippen molar-refractivity contribution >= 4 is 5.91 Å². The number of ether oxygens (including phenoxy) is 10. The Labute approximate surface area is 338 Å². The normalized spacial score (nSPS) is 51.0. The lowest BCUT2D eigenvalue weighted by Gasteiger charge is -2.50. The maximum Gasteiger partial charge on any atom is 0.217 e. The number of hydrogen-bond donors (Lipinski definition) is 13. The molecule has 0 bridgehead atoms. The Hall–Kier alpha value is -1.41. The predicted molar refractivity (Wildman–Crippen MR) is 188 cm³/mol. The van der Waals surface area contributed by atoms with Crippen molar-refractivity contribution in [2.24, 2.45) is 0 Å². The first-order chi connectivity index (χ1) is 27.8. The van der Waals surface area contributed by atoms with Crippen LogP contribution in [0.3, 0.4) is 0 Å². The summed E-state index contributed by atoms with van der Waals surface area (Å²) < 4.78 is 57.9. The summed E-state index contributed by atoms with van der Waals surface area (Å²) in [7, 11) is 0. The Balaban J connectivity index is 1.36. The number of amides is 1. The van der Waals surface area contributed by atoms with E-state index in [1.54, 1.807) is 0 Å². The van der Waals surface area contributed by atoms with E-state index in [1.165, 1.54) is 27.7 Å². The smallest absolute Gasteiger partial charge is 0.217 e. The molecule has 5 aliphatic rings. The molecule has 5 rings (SSSR count). The number of aliphatic hydroxyl groups is 12. The quantitative estimate of drug-likeness (QED) is 0.0771. The van der Waals surface area contributed by atoms with Gasteiger partial charge in [-0.05, 0) is 27.2 Å². The summed E-state index contributed by atoms with van der Waals surface area (Å²) in [5.41, 5.74) is 0. The number of nitrogens with one attached hydrogen (secondary N) is 1. The van der Waals surface area contributed by atoms with Gasteiger partial charge in [-0.25, -0.2) is 0 Å². The highest BCUT2D eigenvalue weighted by molar-refractivity contribution is 5.73. The van der Waals surface area contributed by atoms with Crippen molar-refractivity contribution in [2.75, 3.05) is 19.8 Å². The molecule has 0 aromatic carbocycles.